The third-order valence-electron chi connectivity index (χ3n) is 4.98. The summed E-state index contributed by atoms with van der Waals surface area (Å²) in [5.74, 6) is 0.120. The molecule has 1 atom stereocenters. The molecular formula is C24H21F3N2O5S. The molecule has 35 heavy (non-hydrogen) atoms. The normalized spacial score (nSPS) is 12.9. The molecule has 0 saturated carbocycles. The predicted molar refractivity (Wildman–Crippen MR) is 124 cm³/mol. The first-order valence-corrected chi connectivity index (χ1v) is 11.7. The molecule has 0 bridgehead atoms. The Kier molecular flexibility index (Phi) is 7.92. The maximum atomic E-state index is 13.2. The third kappa shape index (κ3) is 6.90. The number of hydrazone groups is 1. The number of alkyl halides is 3. The van der Waals surface area contributed by atoms with E-state index in [1.165, 1.54) is 31.4 Å². The highest BCUT2D eigenvalue weighted by Gasteiger charge is 2.34. The highest BCUT2D eigenvalue weighted by atomic mass is 32.2. The highest BCUT2D eigenvalue weighted by molar-refractivity contribution is 7.86. The van der Waals surface area contributed by atoms with E-state index >= 15 is 0 Å². The Morgan fingerprint density at radius 3 is 2.49 bits per heavy atom. The van der Waals surface area contributed by atoms with Gasteiger partial charge in [0.15, 0.2) is 0 Å². The third-order valence-corrected chi connectivity index (χ3v) is 6.11. The van der Waals surface area contributed by atoms with E-state index < -0.39 is 33.0 Å². The number of rotatable bonds is 8. The van der Waals surface area contributed by atoms with Gasteiger partial charge in [0.05, 0.1) is 25.3 Å². The molecule has 1 amide bonds. The summed E-state index contributed by atoms with van der Waals surface area (Å²) in [6, 6.07) is 16.4. The summed E-state index contributed by atoms with van der Waals surface area (Å²) in [5, 5.41) is 2.04. The van der Waals surface area contributed by atoms with Crippen LogP contribution in [0.5, 0.6) is 5.75 Å². The number of halogens is 3. The van der Waals surface area contributed by atoms with Crippen molar-refractivity contribution in [2.45, 2.75) is 17.8 Å². The molecule has 1 unspecified atom stereocenters. The fraction of sp³-hybridized carbons (Fsp3) is 0.167. The van der Waals surface area contributed by atoms with Crippen LogP contribution in [0.4, 0.5) is 13.2 Å². The summed E-state index contributed by atoms with van der Waals surface area (Å²) >= 11 is 0. The number of methoxy groups -OCH3 is 1. The van der Waals surface area contributed by atoms with Gasteiger partial charge in [-0.05, 0) is 40.5 Å². The second-order valence-corrected chi connectivity index (χ2v) is 8.97. The molecule has 0 spiro atoms. The van der Waals surface area contributed by atoms with E-state index in [9.17, 15) is 30.9 Å². The van der Waals surface area contributed by atoms with Gasteiger partial charge in [-0.15, -0.1) is 0 Å². The van der Waals surface area contributed by atoms with Crippen molar-refractivity contribution in [2.75, 3.05) is 7.11 Å². The monoisotopic (exact) mass is 506 g/mol. The summed E-state index contributed by atoms with van der Waals surface area (Å²) in [5.41, 5.74) is 1.83. The van der Waals surface area contributed by atoms with Gasteiger partial charge < -0.3 is 4.74 Å². The van der Waals surface area contributed by atoms with Crippen LogP contribution in [0, 0.1) is 0 Å². The number of amides is 1. The van der Waals surface area contributed by atoms with Crippen molar-refractivity contribution in [1.82, 2.24) is 5.43 Å². The maximum absolute atomic E-state index is 13.2. The molecule has 0 aliphatic heterocycles. The topological polar surface area (TPSA) is 105 Å². The molecule has 0 saturated heterocycles. The van der Waals surface area contributed by atoms with Crippen molar-refractivity contribution in [3.63, 3.8) is 0 Å². The summed E-state index contributed by atoms with van der Waals surface area (Å²) in [4.78, 5) is 12.2. The molecule has 0 aromatic heterocycles. The van der Waals surface area contributed by atoms with Crippen molar-refractivity contribution in [1.29, 1.82) is 0 Å². The largest absolute Gasteiger partial charge is 0.497 e. The molecule has 0 aliphatic carbocycles. The van der Waals surface area contributed by atoms with E-state index in [1.807, 2.05) is 0 Å². The van der Waals surface area contributed by atoms with Crippen molar-refractivity contribution in [3.05, 3.63) is 101 Å². The minimum atomic E-state index is -4.87. The van der Waals surface area contributed by atoms with Crippen LogP contribution >= 0.6 is 0 Å². The number of hydrogen-bond acceptors (Lipinski definition) is 5. The molecule has 0 aliphatic rings. The smallest absolute Gasteiger partial charge is 0.416 e. The van der Waals surface area contributed by atoms with Gasteiger partial charge >= 0.3 is 6.18 Å². The van der Waals surface area contributed by atoms with Crippen LogP contribution < -0.4 is 10.2 Å². The molecule has 184 valence electrons. The Morgan fingerprint density at radius 1 is 1.09 bits per heavy atom. The Bertz CT molecular complexity index is 1340. The Hall–Kier alpha value is -3.70. The number of hydrogen-bond donors (Lipinski definition) is 2. The van der Waals surface area contributed by atoms with Crippen molar-refractivity contribution in [2.24, 2.45) is 5.10 Å². The second kappa shape index (κ2) is 10.7. The molecule has 0 radical (unpaired) electrons. The minimum absolute atomic E-state index is 0.00589. The van der Waals surface area contributed by atoms with Gasteiger partial charge in [0.25, 0.3) is 10.1 Å². The fourth-order valence-corrected chi connectivity index (χ4v) is 4.46. The first kappa shape index (κ1) is 25.9. The lowest BCUT2D eigenvalue weighted by Gasteiger charge is -2.18. The van der Waals surface area contributed by atoms with Crippen molar-refractivity contribution < 1.29 is 35.7 Å². The summed E-state index contributed by atoms with van der Waals surface area (Å²) in [6.45, 7) is 0. The van der Waals surface area contributed by atoms with Gasteiger partial charge in [0, 0.05) is 0 Å². The maximum Gasteiger partial charge on any atom is 0.416 e. The molecule has 0 fully saturated rings. The number of nitrogens with zero attached hydrogens (tertiary/aromatic N) is 1. The molecule has 7 nitrogen and oxygen atoms in total. The summed E-state index contributed by atoms with van der Waals surface area (Å²) in [6.07, 6.45) is -3.55. The minimum Gasteiger partial charge on any atom is -0.497 e. The molecule has 2 N–H and O–H groups in total. The van der Waals surface area contributed by atoms with Crippen LogP contribution in [0.1, 0.15) is 33.1 Å². The van der Waals surface area contributed by atoms with Gasteiger partial charge in [-0.1, -0.05) is 54.6 Å². The van der Waals surface area contributed by atoms with E-state index in [2.05, 4.69) is 10.5 Å². The van der Waals surface area contributed by atoms with Gasteiger partial charge in [-0.3, -0.25) is 9.35 Å². The Morgan fingerprint density at radius 2 is 1.80 bits per heavy atom. The van der Waals surface area contributed by atoms with Crippen LogP contribution in [-0.4, -0.2) is 32.2 Å². The van der Waals surface area contributed by atoms with Crippen LogP contribution in [0.15, 0.2) is 77.9 Å². The first-order chi connectivity index (χ1) is 16.5. The zero-order valence-electron chi connectivity index (χ0n) is 18.4. The number of carbonyl (C=O) groups excluding carboxylic acids is 1. The van der Waals surface area contributed by atoms with Crippen LogP contribution in [0.25, 0.3) is 0 Å². The molecule has 0 heterocycles. The molecule has 3 aromatic carbocycles. The van der Waals surface area contributed by atoms with Crippen molar-refractivity contribution in [3.8, 4) is 5.75 Å². The van der Waals surface area contributed by atoms with Crippen molar-refractivity contribution >= 4 is 22.2 Å². The lowest BCUT2D eigenvalue weighted by Crippen LogP contribution is -2.20. The average Bonchev–Trinajstić information content (AvgIpc) is 2.79. The highest BCUT2D eigenvalue weighted by Crippen LogP contribution is 2.35. The standard InChI is InChI=1S/C24H21F3N2O5S/c1-34-20-10-4-6-16(12-20)13-22(30)29-28-15-18-7-2-3-11-21(18)23(35(31,32)33)17-8-5-9-19(14-17)24(25,26)27/h2-12,14-15,23H,13H2,1H3,(H,29,30)(H,31,32,33)/b28-15+. The van der Waals surface area contributed by atoms with Crippen LogP contribution in [0.2, 0.25) is 0 Å². The first-order valence-electron chi connectivity index (χ1n) is 10.2. The molecule has 3 rings (SSSR count). The summed E-state index contributed by atoms with van der Waals surface area (Å²) in [7, 11) is -3.37. The van der Waals surface area contributed by atoms with E-state index in [0.717, 1.165) is 18.3 Å². The van der Waals surface area contributed by atoms with Gasteiger partial charge in [-0.2, -0.15) is 26.7 Å². The number of nitrogens with one attached hydrogen (secondary N) is 1. The molecule has 3 aromatic rings. The van der Waals surface area contributed by atoms with Gasteiger partial charge in [0.1, 0.15) is 11.0 Å². The van der Waals surface area contributed by atoms with Gasteiger partial charge in [0.2, 0.25) is 5.91 Å². The Balaban J connectivity index is 1.87. The van der Waals surface area contributed by atoms with Gasteiger partial charge in [-0.25, -0.2) is 5.43 Å². The van der Waals surface area contributed by atoms with Crippen LogP contribution in [-0.2, 0) is 27.5 Å². The quantitative estimate of drug-likeness (QED) is 0.268. The lowest BCUT2D eigenvalue weighted by atomic mass is 9.98. The zero-order valence-corrected chi connectivity index (χ0v) is 19.2. The van der Waals surface area contributed by atoms with E-state index in [0.29, 0.717) is 17.4 Å². The number of ether oxygens (including phenoxy) is 1. The second-order valence-electron chi connectivity index (χ2n) is 7.47. The van der Waals surface area contributed by atoms with E-state index in [-0.39, 0.29) is 23.1 Å². The average molecular weight is 507 g/mol. The fourth-order valence-electron chi connectivity index (χ4n) is 3.44. The summed E-state index contributed by atoms with van der Waals surface area (Å²) < 4.78 is 79.0. The van der Waals surface area contributed by atoms with Crippen LogP contribution in [0.3, 0.4) is 0 Å². The zero-order chi connectivity index (χ0) is 25.6. The molecule has 11 heteroatoms. The Labute approximate surface area is 200 Å². The lowest BCUT2D eigenvalue weighted by molar-refractivity contribution is -0.137. The SMILES string of the molecule is COc1cccc(CC(=O)N/N=C/c2ccccc2C(c2cccc(C(F)(F)F)c2)S(=O)(=O)O)c1. The number of benzene rings is 3. The van der Waals surface area contributed by atoms with E-state index in [1.54, 1.807) is 30.3 Å². The van der Waals surface area contributed by atoms with E-state index in [4.69, 9.17) is 4.74 Å². The molecular weight excluding hydrogens is 485 g/mol. The predicted octanol–water partition coefficient (Wildman–Crippen LogP) is 4.38. The number of carbonyl (C=O) groups is 1.